The smallest absolute Gasteiger partial charge is 0.354 e. The summed E-state index contributed by atoms with van der Waals surface area (Å²) in [7, 11) is -2.32. The maximum absolute atomic E-state index is 13.1. The third-order valence-corrected chi connectivity index (χ3v) is 7.34. The molecule has 152 valence electrons. The first-order valence-corrected chi connectivity index (χ1v) is 11.3. The molecular formula is C18H23N3O5S2. The predicted octanol–water partition coefficient (Wildman–Crippen LogP) is 1.73. The molecule has 0 radical (unpaired) electrons. The molecule has 1 amide bonds. The van der Waals surface area contributed by atoms with Crippen LogP contribution in [0.15, 0.2) is 34.7 Å². The van der Waals surface area contributed by atoms with E-state index in [4.69, 9.17) is 4.74 Å². The van der Waals surface area contributed by atoms with Crippen molar-refractivity contribution in [3.63, 3.8) is 0 Å². The van der Waals surface area contributed by atoms with Crippen molar-refractivity contribution in [1.29, 1.82) is 0 Å². The highest BCUT2D eigenvalue weighted by atomic mass is 32.2. The first kappa shape index (κ1) is 20.6. The van der Waals surface area contributed by atoms with Crippen LogP contribution in [0.25, 0.3) is 0 Å². The van der Waals surface area contributed by atoms with Crippen LogP contribution in [0.5, 0.6) is 0 Å². The molecule has 3 heterocycles. The molecule has 28 heavy (non-hydrogen) atoms. The number of ether oxygens (including phenoxy) is 1. The Hall–Kier alpha value is -2.17. The fourth-order valence-electron chi connectivity index (χ4n) is 3.21. The first-order chi connectivity index (χ1) is 13.3. The number of thiophene rings is 1. The van der Waals surface area contributed by atoms with Crippen LogP contribution < -0.4 is 5.32 Å². The van der Waals surface area contributed by atoms with Gasteiger partial charge in [-0.15, -0.1) is 11.3 Å². The summed E-state index contributed by atoms with van der Waals surface area (Å²) in [6, 6.07) is 4.35. The monoisotopic (exact) mass is 425 g/mol. The van der Waals surface area contributed by atoms with Crippen LogP contribution >= 0.6 is 11.3 Å². The van der Waals surface area contributed by atoms with E-state index in [1.807, 2.05) is 17.5 Å². The van der Waals surface area contributed by atoms with Crippen LogP contribution in [0.4, 0.5) is 0 Å². The van der Waals surface area contributed by atoms with Crippen molar-refractivity contribution < 1.29 is 22.7 Å². The molecule has 0 saturated carbocycles. The van der Waals surface area contributed by atoms with Crippen LogP contribution in [0, 0.1) is 0 Å². The number of aryl methyl sites for hydroxylation is 1. The third-order valence-electron chi connectivity index (χ3n) is 4.59. The number of carbonyl (C=O) groups excluding carboxylic acids is 2. The highest BCUT2D eigenvalue weighted by Crippen LogP contribution is 2.27. The quantitative estimate of drug-likeness (QED) is 0.682. The highest BCUT2D eigenvalue weighted by Gasteiger charge is 2.40. The molecule has 1 atom stereocenters. The number of hydrogen-bond acceptors (Lipinski definition) is 6. The average molecular weight is 426 g/mol. The number of amides is 1. The van der Waals surface area contributed by atoms with Crippen molar-refractivity contribution in [3.05, 3.63) is 40.3 Å². The third kappa shape index (κ3) is 4.13. The Balaban J connectivity index is 1.77. The van der Waals surface area contributed by atoms with Gasteiger partial charge in [0.15, 0.2) is 0 Å². The second-order valence-corrected chi connectivity index (χ2v) is 9.39. The van der Waals surface area contributed by atoms with Gasteiger partial charge in [0.2, 0.25) is 15.9 Å². The minimum absolute atomic E-state index is 0.0176. The Kier molecular flexibility index (Phi) is 6.21. The molecule has 1 aliphatic heterocycles. The molecule has 1 aliphatic rings. The molecule has 0 aromatic carbocycles. The van der Waals surface area contributed by atoms with E-state index < -0.39 is 22.0 Å². The number of esters is 1. The maximum atomic E-state index is 13.1. The van der Waals surface area contributed by atoms with Crippen molar-refractivity contribution in [1.82, 2.24) is 14.2 Å². The van der Waals surface area contributed by atoms with Crippen LogP contribution in [-0.2, 0) is 33.1 Å². The highest BCUT2D eigenvalue weighted by molar-refractivity contribution is 7.89. The molecule has 1 unspecified atom stereocenters. The van der Waals surface area contributed by atoms with Gasteiger partial charge in [0.05, 0.1) is 13.2 Å². The van der Waals surface area contributed by atoms with Crippen LogP contribution in [0.1, 0.15) is 35.1 Å². The summed E-state index contributed by atoms with van der Waals surface area (Å²) in [6.07, 6.45) is 2.45. The lowest BCUT2D eigenvalue weighted by Gasteiger charge is -2.22. The lowest BCUT2D eigenvalue weighted by atomic mass is 10.2. The molecule has 1 saturated heterocycles. The van der Waals surface area contributed by atoms with E-state index in [1.165, 1.54) is 32.5 Å². The lowest BCUT2D eigenvalue weighted by Crippen LogP contribution is -2.45. The number of nitrogens with one attached hydrogen (secondary N) is 1. The van der Waals surface area contributed by atoms with Gasteiger partial charge >= 0.3 is 5.97 Å². The zero-order valence-corrected chi connectivity index (χ0v) is 17.4. The number of aromatic nitrogens is 1. The standard InChI is InChI=1S/C18H23N3O5S2/c1-3-26-18(23)16-10-14(12-20(16)2)28(24,25)21-8-4-7-15(21)17(22)19-11-13-6-5-9-27-13/h5-6,9-10,12,15H,3-4,7-8,11H2,1-2H3,(H,19,22). The number of hydrogen-bond donors (Lipinski definition) is 1. The SMILES string of the molecule is CCOC(=O)c1cc(S(=O)(=O)N2CCCC2C(=O)NCc2cccs2)cn1C. The molecular weight excluding hydrogens is 402 g/mol. The van der Waals surface area contributed by atoms with E-state index in [0.29, 0.717) is 19.4 Å². The Morgan fingerprint density at radius 1 is 1.39 bits per heavy atom. The zero-order chi connectivity index (χ0) is 20.3. The molecule has 2 aromatic rings. The largest absolute Gasteiger partial charge is 0.461 e. The summed E-state index contributed by atoms with van der Waals surface area (Å²) < 4.78 is 33.8. The van der Waals surface area contributed by atoms with Gasteiger partial charge in [-0.2, -0.15) is 4.31 Å². The minimum atomic E-state index is -3.91. The predicted molar refractivity (Wildman–Crippen MR) is 104 cm³/mol. The molecule has 0 bridgehead atoms. The fraction of sp³-hybridized carbons (Fsp3) is 0.444. The van der Waals surface area contributed by atoms with Crippen LogP contribution in [0.2, 0.25) is 0 Å². The Labute approximate surface area is 168 Å². The summed E-state index contributed by atoms with van der Waals surface area (Å²) >= 11 is 1.53. The van der Waals surface area contributed by atoms with E-state index in [1.54, 1.807) is 14.0 Å². The molecule has 0 aliphatic carbocycles. The van der Waals surface area contributed by atoms with E-state index in [2.05, 4.69) is 5.32 Å². The van der Waals surface area contributed by atoms with Crippen molar-refractivity contribution in [3.8, 4) is 0 Å². The summed E-state index contributed by atoms with van der Waals surface area (Å²) in [6.45, 7) is 2.52. The second-order valence-electron chi connectivity index (χ2n) is 6.46. The molecule has 0 spiro atoms. The normalized spacial score (nSPS) is 17.6. The number of nitrogens with zero attached hydrogens (tertiary/aromatic N) is 2. The van der Waals surface area contributed by atoms with E-state index >= 15 is 0 Å². The summed E-state index contributed by atoms with van der Waals surface area (Å²) in [5.41, 5.74) is 0.151. The Morgan fingerprint density at radius 3 is 2.86 bits per heavy atom. The Morgan fingerprint density at radius 2 is 2.18 bits per heavy atom. The van der Waals surface area contributed by atoms with Crippen LogP contribution in [0.3, 0.4) is 0 Å². The lowest BCUT2D eigenvalue weighted by molar-refractivity contribution is -0.124. The van der Waals surface area contributed by atoms with Gasteiger partial charge in [0.25, 0.3) is 0 Å². The second kappa shape index (κ2) is 8.46. The van der Waals surface area contributed by atoms with Crippen molar-refractivity contribution in [2.45, 2.75) is 37.2 Å². The number of sulfonamides is 1. The van der Waals surface area contributed by atoms with E-state index in [9.17, 15) is 18.0 Å². The van der Waals surface area contributed by atoms with Gasteiger partial charge in [-0.05, 0) is 37.3 Å². The van der Waals surface area contributed by atoms with Gasteiger partial charge in [-0.25, -0.2) is 13.2 Å². The summed E-state index contributed by atoms with van der Waals surface area (Å²) in [5, 5.41) is 4.74. The maximum Gasteiger partial charge on any atom is 0.354 e. The van der Waals surface area contributed by atoms with Gasteiger partial charge in [-0.3, -0.25) is 4.79 Å². The number of carbonyl (C=O) groups is 2. The van der Waals surface area contributed by atoms with Crippen molar-refractivity contribution in [2.24, 2.45) is 7.05 Å². The summed E-state index contributed by atoms with van der Waals surface area (Å²) in [5.74, 6) is -0.894. The van der Waals surface area contributed by atoms with Gasteiger partial charge in [0, 0.05) is 24.7 Å². The molecule has 2 aromatic heterocycles. The van der Waals surface area contributed by atoms with Crippen LogP contribution in [-0.4, -0.2) is 48.4 Å². The Bertz CT molecular complexity index is 950. The molecule has 1 N–H and O–H groups in total. The molecule has 10 heteroatoms. The number of rotatable bonds is 7. The average Bonchev–Trinajstić information content (AvgIpc) is 3.40. The zero-order valence-electron chi connectivity index (χ0n) is 15.8. The molecule has 3 rings (SSSR count). The molecule has 8 nitrogen and oxygen atoms in total. The topological polar surface area (TPSA) is 97.7 Å². The van der Waals surface area contributed by atoms with Gasteiger partial charge in [0.1, 0.15) is 16.6 Å². The fourth-order valence-corrected chi connectivity index (χ4v) is 5.59. The van der Waals surface area contributed by atoms with Crippen molar-refractivity contribution >= 4 is 33.2 Å². The van der Waals surface area contributed by atoms with E-state index in [0.717, 1.165) is 4.88 Å². The van der Waals surface area contributed by atoms with Gasteiger partial charge < -0.3 is 14.6 Å². The van der Waals surface area contributed by atoms with Crippen molar-refractivity contribution in [2.75, 3.05) is 13.2 Å². The molecule has 1 fully saturated rings. The summed E-state index contributed by atoms with van der Waals surface area (Å²) in [4.78, 5) is 25.6. The van der Waals surface area contributed by atoms with E-state index in [-0.39, 0.29) is 29.6 Å². The minimum Gasteiger partial charge on any atom is -0.461 e. The first-order valence-electron chi connectivity index (χ1n) is 9.00. The van der Waals surface area contributed by atoms with Gasteiger partial charge in [-0.1, -0.05) is 6.07 Å².